The molecule has 0 aliphatic carbocycles. The van der Waals surface area contributed by atoms with Crippen LogP contribution in [0, 0.1) is 18.3 Å². The fourth-order valence-electron chi connectivity index (χ4n) is 3.71. The molecule has 1 fully saturated rings. The molecule has 162 valence electrons. The molecular formula is C25H29N3O3. The fourth-order valence-corrected chi connectivity index (χ4v) is 3.71. The Morgan fingerprint density at radius 2 is 1.68 bits per heavy atom. The third kappa shape index (κ3) is 5.18. The number of terminal acetylenes is 1. The number of piperazine rings is 1. The van der Waals surface area contributed by atoms with Crippen LogP contribution in [0.5, 0.6) is 5.75 Å². The van der Waals surface area contributed by atoms with Crippen LogP contribution < -0.4 is 15.0 Å². The second-order valence-electron chi connectivity index (χ2n) is 7.90. The summed E-state index contributed by atoms with van der Waals surface area (Å²) in [7, 11) is 1.65. The monoisotopic (exact) mass is 419 g/mol. The molecular weight excluding hydrogens is 390 g/mol. The molecule has 1 aliphatic rings. The number of methoxy groups -OCH3 is 1. The van der Waals surface area contributed by atoms with E-state index in [9.17, 15) is 9.59 Å². The van der Waals surface area contributed by atoms with Gasteiger partial charge in [0.05, 0.1) is 12.7 Å². The van der Waals surface area contributed by atoms with Gasteiger partial charge >= 0.3 is 0 Å². The lowest BCUT2D eigenvalue weighted by Gasteiger charge is -2.38. The van der Waals surface area contributed by atoms with Crippen molar-refractivity contribution in [3.8, 4) is 18.1 Å². The van der Waals surface area contributed by atoms with Gasteiger partial charge in [-0.2, -0.15) is 0 Å². The van der Waals surface area contributed by atoms with Crippen molar-refractivity contribution in [3.05, 3.63) is 59.7 Å². The van der Waals surface area contributed by atoms with E-state index in [4.69, 9.17) is 11.2 Å². The predicted molar refractivity (Wildman–Crippen MR) is 122 cm³/mol. The lowest BCUT2D eigenvalue weighted by Crippen LogP contribution is -2.56. The molecule has 0 spiro atoms. The molecule has 0 radical (unpaired) electrons. The highest BCUT2D eigenvalue weighted by atomic mass is 16.5. The summed E-state index contributed by atoms with van der Waals surface area (Å²) in [6, 6.07) is 14.3. The lowest BCUT2D eigenvalue weighted by molar-refractivity contribution is -0.134. The number of nitrogens with zero attached hydrogens (tertiary/aromatic N) is 2. The van der Waals surface area contributed by atoms with Crippen LogP contribution in [0.2, 0.25) is 0 Å². The van der Waals surface area contributed by atoms with E-state index in [-0.39, 0.29) is 17.7 Å². The molecule has 3 rings (SSSR count). The van der Waals surface area contributed by atoms with Crippen molar-refractivity contribution in [2.24, 2.45) is 5.92 Å². The Labute approximate surface area is 184 Å². The third-order valence-electron chi connectivity index (χ3n) is 5.58. The summed E-state index contributed by atoms with van der Waals surface area (Å²) in [4.78, 5) is 30.1. The number of ether oxygens (including phenoxy) is 1. The summed E-state index contributed by atoms with van der Waals surface area (Å²) in [5.41, 5.74) is 2.03. The Morgan fingerprint density at radius 3 is 2.26 bits per heavy atom. The van der Waals surface area contributed by atoms with E-state index in [2.05, 4.69) is 16.1 Å². The summed E-state index contributed by atoms with van der Waals surface area (Å²) in [6.07, 6.45) is 5.52. The van der Waals surface area contributed by atoms with Crippen molar-refractivity contribution in [2.45, 2.75) is 19.9 Å². The summed E-state index contributed by atoms with van der Waals surface area (Å²) in [6.45, 7) is 6.54. The van der Waals surface area contributed by atoms with Crippen LogP contribution in [-0.2, 0) is 4.79 Å². The minimum Gasteiger partial charge on any atom is -0.497 e. The Morgan fingerprint density at radius 1 is 1.03 bits per heavy atom. The van der Waals surface area contributed by atoms with Gasteiger partial charge in [-0.15, -0.1) is 6.42 Å². The van der Waals surface area contributed by atoms with Crippen molar-refractivity contribution >= 4 is 17.5 Å². The Balaban J connectivity index is 1.64. The zero-order chi connectivity index (χ0) is 22.4. The van der Waals surface area contributed by atoms with Crippen molar-refractivity contribution in [1.82, 2.24) is 10.2 Å². The van der Waals surface area contributed by atoms with Crippen molar-refractivity contribution in [3.63, 3.8) is 0 Å². The number of amides is 2. The normalized spacial score (nSPS) is 14.7. The van der Waals surface area contributed by atoms with E-state index < -0.39 is 6.04 Å². The van der Waals surface area contributed by atoms with E-state index >= 15 is 0 Å². The molecule has 31 heavy (non-hydrogen) atoms. The van der Waals surface area contributed by atoms with E-state index in [0.29, 0.717) is 24.2 Å². The molecule has 1 aliphatic heterocycles. The minimum atomic E-state index is -0.606. The van der Waals surface area contributed by atoms with Crippen molar-refractivity contribution in [1.29, 1.82) is 0 Å². The van der Waals surface area contributed by atoms with Gasteiger partial charge in [-0.25, -0.2) is 0 Å². The smallest absolute Gasteiger partial charge is 0.253 e. The number of rotatable bonds is 6. The molecule has 1 saturated heterocycles. The molecule has 0 aromatic heterocycles. The van der Waals surface area contributed by atoms with Crippen LogP contribution >= 0.6 is 0 Å². The Bertz CT molecular complexity index is 955. The summed E-state index contributed by atoms with van der Waals surface area (Å²) in [5, 5.41) is 2.91. The van der Waals surface area contributed by atoms with Crippen LogP contribution in [-0.4, -0.2) is 56.0 Å². The van der Waals surface area contributed by atoms with Crippen molar-refractivity contribution in [2.75, 3.05) is 38.2 Å². The highest BCUT2D eigenvalue weighted by Gasteiger charge is 2.31. The molecule has 1 atom stereocenters. The quantitative estimate of drug-likeness (QED) is 0.732. The third-order valence-corrected chi connectivity index (χ3v) is 5.58. The summed E-state index contributed by atoms with van der Waals surface area (Å²) >= 11 is 0. The van der Waals surface area contributed by atoms with Crippen LogP contribution in [0.15, 0.2) is 48.5 Å². The standard InChI is InChI=1S/C25H29N3O3/c1-5-19-8-6-7-9-22(19)24(29)26-23(18(2)3)25(30)28-16-14-27(15-17-28)20-10-12-21(31-4)13-11-20/h1,6-13,18,23H,14-17H2,2-4H3,(H,26,29). The van der Waals surface area contributed by atoms with Crippen LogP contribution in [0.3, 0.4) is 0 Å². The van der Waals surface area contributed by atoms with Gasteiger partial charge < -0.3 is 19.9 Å². The first-order valence-corrected chi connectivity index (χ1v) is 10.5. The Hall–Kier alpha value is -3.46. The van der Waals surface area contributed by atoms with Gasteiger partial charge in [0.25, 0.3) is 5.91 Å². The first-order valence-electron chi connectivity index (χ1n) is 10.5. The van der Waals surface area contributed by atoms with Gasteiger partial charge in [-0.05, 0) is 42.3 Å². The number of hydrogen-bond donors (Lipinski definition) is 1. The average molecular weight is 420 g/mol. The number of benzene rings is 2. The fraction of sp³-hybridized carbons (Fsp3) is 0.360. The second kappa shape index (κ2) is 10.0. The van der Waals surface area contributed by atoms with Gasteiger partial charge in [0.2, 0.25) is 5.91 Å². The van der Waals surface area contributed by atoms with Gasteiger partial charge in [0, 0.05) is 37.4 Å². The van der Waals surface area contributed by atoms with Crippen LogP contribution in [0.25, 0.3) is 0 Å². The number of anilines is 1. The molecule has 2 amide bonds. The average Bonchev–Trinajstić information content (AvgIpc) is 2.82. The van der Waals surface area contributed by atoms with E-state index in [0.717, 1.165) is 24.5 Å². The zero-order valence-electron chi connectivity index (χ0n) is 18.3. The van der Waals surface area contributed by atoms with Gasteiger partial charge in [0.1, 0.15) is 11.8 Å². The van der Waals surface area contributed by atoms with Crippen LogP contribution in [0.4, 0.5) is 5.69 Å². The largest absolute Gasteiger partial charge is 0.497 e. The SMILES string of the molecule is C#Cc1ccccc1C(=O)NC(C(=O)N1CCN(c2ccc(OC)cc2)CC1)C(C)C. The number of nitrogens with one attached hydrogen (secondary N) is 1. The number of carbonyl (C=O) groups excluding carboxylic acids is 2. The molecule has 0 saturated carbocycles. The molecule has 0 bridgehead atoms. The maximum atomic E-state index is 13.2. The molecule has 2 aromatic carbocycles. The number of hydrogen-bond acceptors (Lipinski definition) is 4. The topological polar surface area (TPSA) is 61.9 Å². The minimum absolute atomic E-state index is 0.0472. The maximum Gasteiger partial charge on any atom is 0.253 e. The molecule has 1 heterocycles. The summed E-state index contributed by atoms with van der Waals surface area (Å²) in [5.74, 6) is 2.92. The zero-order valence-corrected chi connectivity index (χ0v) is 18.3. The number of carbonyl (C=O) groups is 2. The maximum absolute atomic E-state index is 13.2. The van der Waals surface area contributed by atoms with Gasteiger partial charge in [-0.3, -0.25) is 9.59 Å². The molecule has 6 heteroatoms. The van der Waals surface area contributed by atoms with E-state index in [1.165, 1.54) is 0 Å². The second-order valence-corrected chi connectivity index (χ2v) is 7.90. The van der Waals surface area contributed by atoms with Crippen LogP contribution in [0.1, 0.15) is 29.8 Å². The highest BCUT2D eigenvalue weighted by molar-refractivity contribution is 5.99. The molecule has 1 unspecified atom stereocenters. The first kappa shape index (κ1) is 22.2. The van der Waals surface area contributed by atoms with Crippen molar-refractivity contribution < 1.29 is 14.3 Å². The Kier molecular flexibility index (Phi) is 7.19. The van der Waals surface area contributed by atoms with E-state index in [1.807, 2.05) is 43.0 Å². The van der Waals surface area contributed by atoms with E-state index in [1.54, 1.807) is 31.4 Å². The molecule has 2 aromatic rings. The summed E-state index contributed by atoms with van der Waals surface area (Å²) < 4.78 is 5.22. The predicted octanol–water partition coefficient (Wildman–Crippen LogP) is 2.78. The lowest BCUT2D eigenvalue weighted by atomic mass is 10.0. The first-order chi connectivity index (χ1) is 14.9. The highest BCUT2D eigenvalue weighted by Crippen LogP contribution is 2.21. The van der Waals surface area contributed by atoms with Gasteiger partial charge in [0.15, 0.2) is 0 Å². The van der Waals surface area contributed by atoms with Gasteiger partial charge in [-0.1, -0.05) is 31.9 Å². The molecule has 6 nitrogen and oxygen atoms in total. The molecule has 1 N–H and O–H groups in total.